The number of aromatic nitrogens is 1. The first kappa shape index (κ1) is 23.3. The Morgan fingerprint density at radius 3 is 2.09 bits per heavy atom. The number of methoxy groups -OCH3 is 2. The number of Topliss-reactive ketones (excluding diaryl/α,β-unsaturated/α-hetero) is 1. The molecule has 0 spiro atoms. The fourth-order valence-corrected chi connectivity index (χ4v) is 4.63. The third kappa shape index (κ3) is 4.13. The van der Waals surface area contributed by atoms with Crippen LogP contribution in [-0.2, 0) is 0 Å². The van der Waals surface area contributed by atoms with Crippen molar-refractivity contribution in [3.05, 3.63) is 64.3 Å². The molecule has 1 fully saturated rings. The summed E-state index contributed by atoms with van der Waals surface area (Å²) in [6, 6.07) is 12.3. The fourth-order valence-electron chi connectivity index (χ4n) is 4.21. The zero-order chi connectivity index (χ0) is 24.9. The van der Waals surface area contributed by atoms with Gasteiger partial charge in [-0.25, -0.2) is 0 Å². The van der Waals surface area contributed by atoms with E-state index in [1.54, 1.807) is 30.5 Å². The predicted octanol–water partition coefficient (Wildman–Crippen LogP) is 6.90. The van der Waals surface area contributed by atoms with Crippen molar-refractivity contribution in [2.75, 3.05) is 14.2 Å². The van der Waals surface area contributed by atoms with Gasteiger partial charge in [0.15, 0.2) is 28.8 Å². The minimum absolute atomic E-state index is 0.0224. The number of halogens is 2. The molecule has 0 bridgehead atoms. The number of fused-ring (bicyclic) bond motifs is 1. The number of aromatic hydroxyl groups is 2. The second-order valence-corrected chi connectivity index (χ2v) is 9.25. The Hall–Kier alpha value is -3.48. The van der Waals surface area contributed by atoms with Gasteiger partial charge in [0.25, 0.3) is 0 Å². The highest BCUT2D eigenvalue weighted by Gasteiger charge is 2.33. The molecule has 6 nitrogen and oxygen atoms in total. The number of ether oxygens (including phenoxy) is 2. The zero-order valence-electron chi connectivity index (χ0n) is 18.9. The first-order chi connectivity index (χ1) is 16.8. The minimum Gasteiger partial charge on any atom is -0.503 e. The number of hydrogen-bond donors (Lipinski definition) is 2. The van der Waals surface area contributed by atoms with E-state index in [4.69, 9.17) is 32.7 Å². The quantitative estimate of drug-likeness (QED) is 0.275. The molecular weight excluding hydrogens is 489 g/mol. The van der Waals surface area contributed by atoms with Crippen LogP contribution in [0.1, 0.15) is 23.2 Å². The number of nitrogens with zero attached hydrogens (tertiary/aromatic N) is 1. The van der Waals surface area contributed by atoms with E-state index in [1.165, 1.54) is 14.2 Å². The third-order valence-electron chi connectivity index (χ3n) is 6.20. The molecular formula is C27H21Cl2NO5. The van der Waals surface area contributed by atoms with Gasteiger partial charge >= 0.3 is 0 Å². The first-order valence-electron chi connectivity index (χ1n) is 10.9. The third-order valence-corrected chi connectivity index (χ3v) is 6.78. The average Bonchev–Trinajstić information content (AvgIpc) is 3.71. The van der Waals surface area contributed by atoms with E-state index < -0.39 is 0 Å². The Balaban J connectivity index is 1.80. The summed E-state index contributed by atoms with van der Waals surface area (Å²) in [5.74, 6) is 0.150. The van der Waals surface area contributed by atoms with Crippen molar-refractivity contribution in [2.45, 2.75) is 12.8 Å². The van der Waals surface area contributed by atoms with E-state index in [-0.39, 0.29) is 44.7 Å². The van der Waals surface area contributed by atoms with Crippen LogP contribution in [0.25, 0.3) is 33.2 Å². The highest BCUT2D eigenvalue weighted by Crippen LogP contribution is 2.44. The Kier molecular flexibility index (Phi) is 5.95. The predicted molar refractivity (Wildman–Crippen MR) is 136 cm³/mol. The number of phenols is 2. The van der Waals surface area contributed by atoms with E-state index >= 15 is 0 Å². The number of benzene rings is 3. The van der Waals surface area contributed by atoms with E-state index in [9.17, 15) is 15.0 Å². The van der Waals surface area contributed by atoms with Gasteiger partial charge in [0.2, 0.25) is 0 Å². The largest absolute Gasteiger partial charge is 0.503 e. The van der Waals surface area contributed by atoms with Crippen LogP contribution in [0.15, 0.2) is 48.7 Å². The summed E-state index contributed by atoms with van der Waals surface area (Å²) >= 11 is 12.5. The van der Waals surface area contributed by atoms with Gasteiger partial charge < -0.3 is 19.7 Å². The van der Waals surface area contributed by atoms with Crippen LogP contribution in [0, 0.1) is 5.92 Å². The fraction of sp³-hybridized carbons (Fsp3) is 0.185. The first-order valence-corrected chi connectivity index (χ1v) is 11.7. The lowest BCUT2D eigenvalue weighted by Gasteiger charge is -2.16. The van der Waals surface area contributed by atoms with E-state index in [0.717, 1.165) is 29.4 Å². The van der Waals surface area contributed by atoms with Crippen LogP contribution < -0.4 is 9.47 Å². The Morgan fingerprint density at radius 2 is 1.49 bits per heavy atom. The van der Waals surface area contributed by atoms with Gasteiger partial charge in [0.05, 0.1) is 29.8 Å². The van der Waals surface area contributed by atoms with Crippen LogP contribution in [-0.4, -0.2) is 35.2 Å². The Morgan fingerprint density at radius 1 is 0.886 bits per heavy atom. The maximum Gasteiger partial charge on any atom is 0.176 e. The minimum atomic E-state index is -0.169. The Bertz CT molecular complexity index is 1500. The topological polar surface area (TPSA) is 88.9 Å². The van der Waals surface area contributed by atoms with Gasteiger partial charge in [-0.15, -0.1) is 0 Å². The van der Waals surface area contributed by atoms with Crippen LogP contribution >= 0.6 is 23.2 Å². The van der Waals surface area contributed by atoms with Crippen molar-refractivity contribution in [1.29, 1.82) is 0 Å². The molecule has 5 rings (SSSR count). The van der Waals surface area contributed by atoms with Gasteiger partial charge in [0, 0.05) is 28.6 Å². The van der Waals surface area contributed by atoms with Gasteiger partial charge in [-0.2, -0.15) is 0 Å². The molecule has 1 aliphatic carbocycles. The monoisotopic (exact) mass is 509 g/mol. The molecule has 3 aromatic carbocycles. The zero-order valence-corrected chi connectivity index (χ0v) is 20.4. The van der Waals surface area contributed by atoms with Gasteiger partial charge in [-0.1, -0.05) is 29.3 Å². The molecule has 8 heteroatoms. The lowest BCUT2D eigenvalue weighted by atomic mass is 9.91. The van der Waals surface area contributed by atoms with E-state index in [2.05, 4.69) is 4.98 Å². The number of hydrogen-bond acceptors (Lipinski definition) is 6. The number of rotatable bonds is 6. The number of pyridine rings is 1. The molecule has 0 aliphatic heterocycles. The second-order valence-electron chi connectivity index (χ2n) is 8.44. The van der Waals surface area contributed by atoms with Crippen molar-refractivity contribution >= 4 is 39.9 Å². The van der Waals surface area contributed by atoms with Crippen molar-refractivity contribution in [3.63, 3.8) is 0 Å². The average molecular weight is 510 g/mol. The van der Waals surface area contributed by atoms with Gasteiger partial charge in [0.1, 0.15) is 0 Å². The normalized spacial score (nSPS) is 13.1. The number of phenolic OH excluding ortho intramolecular Hbond substituents is 2. The summed E-state index contributed by atoms with van der Waals surface area (Å²) in [4.78, 5) is 17.8. The summed E-state index contributed by atoms with van der Waals surface area (Å²) in [7, 11) is 2.89. The molecule has 0 radical (unpaired) electrons. The van der Waals surface area contributed by atoms with Crippen LogP contribution in [0.3, 0.4) is 0 Å². The van der Waals surface area contributed by atoms with E-state index in [0.29, 0.717) is 22.2 Å². The van der Waals surface area contributed by atoms with Gasteiger partial charge in [-0.05, 0) is 65.9 Å². The maximum atomic E-state index is 13.3. The van der Waals surface area contributed by atoms with Crippen LogP contribution in [0.2, 0.25) is 10.0 Å². The SMILES string of the molecule is COc1cc(-c2ccc3ncc(C(=O)C4CC4)c(-c4cc(Cl)c(O)c(OC)c4)c3c2)cc(Cl)c1O. The van der Waals surface area contributed by atoms with Crippen molar-refractivity contribution in [2.24, 2.45) is 5.92 Å². The second kappa shape index (κ2) is 8.95. The van der Waals surface area contributed by atoms with Crippen molar-refractivity contribution in [3.8, 4) is 45.3 Å². The standard InChI is InChI=1S/C27H21Cl2NO5/c1-34-22-10-15(8-19(28)26(22)32)14-5-6-21-17(7-14)24(18(12-30-21)25(31)13-3-4-13)16-9-20(29)27(33)23(11-16)35-2/h5-13,32-33H,3-4H2,1-2H3. The molecule has 1 heterocycles. The lowest BCUT2D eigenvalue weighted by Crippen LogP contribution is -2.05. The number of ketones is 1. The summed E-state index contributed by atoms with van der Waals surface area (Å²) in [6.07, 6.45) is 3.30. The summed E-state index contributed by atoms with van der Waals surface area (Å²) < 4.78 is 10.6. The smallest absolute Gasteiger partial charge is 0.176 e. The van der Waals surface area contributed by atoms with Crippen molar-refractivity contribution < 1.29 is 24.5 Å². The molecule has 1 aromatic heterocycles. The highest BCUT2D eigenvalue weighted by atomic mass is 35.5. The Labute approximate surface area is 211 Å². The molecule has 0 saturated heterocycles. The van der Waals surface area contributed by atoms with Gasteiger partial charge in [-0.3, -0.25) is 9.78 Å². The molecule has 35 heavy (non-hydrogen) atoms. The van der Waals surface area contributed by atoms with E-state index in [1.807, 2.05) is 18.2 Å². The molecule has 2 N–H and O–H groups in total. The molecule has 0 unspecified atom stereocenters. The molecule has 178 valence electrons. The summed E-state index contributed by atoms with van der Waals surface area (Å²) in [6.45, 7) is 0. The molecule has 0 atom stereocenters. The molecule has 1 saturated carbocycles. The van der Waals surface area contributed by atoms with Crippen molar-refractivity contribution in [1.82, 2.24) is 4.98 Å². The van der Waals surface area contributed by atoms with Crippen LogP contribution in [0.4, 0.5) is 0 Å². The molecule has 4 aromatic rings. The van der Waals surface area contributed by atoms with Crippen LogP contribution in [0.5, 0.6) is 23.0 Å². The number of carbonyl (C=O) groups excluding carboxylic acids is 1. The summed E-state index contributed by atoms with van der Waals surface area (Å²) in [5.41, 5.74) is 3.95. The molecule has 1 aliphatic rings. The lowest BCUT2D eigenvalue weighted by molar-refractivity contribution is 0.0968. The highest BCUT2D eigenvalue weighted by molar-refractivity contribution is 6.33. The summed E-state index contributed by atoms with van der Waals surface area (Å²) in [5, 5.41) is 21.4. The molecule has 0 amide bonds. The number of carbonyl (C=O) groups is 1. The maximum absolute atomic E-state index is 13.3.